The van der Waals surface area contributed by atoms with Crippen molar-refractivity contribution in [1.82, 2.24) is 10.3 Å². The maximum atomic E-state index is 12.1. The van der Waals surface area contributed by atoms with Crippen molar-refractivity contribution in [3.63, 3.8) is 0 Å². The Kier molecular flexibility index (Phi) is 4.36. The van der Waals surface area contributed by atoms with Crippen molar-refractivity contribution in [2.75, 3.05) is 5.43 Å². The number of carbonyl (C=O) groups is 1. The van der Waals surface area contributed by atoms with Gasteiger partial charge in [-0.05, 0) is 25.1 Å². The molecule has 7 heteroatoms. The molecule has 19 heavy (non-hydrogen) atoms. The van der Waals surface area contributed by atoms with Crippen LogP contribution in [0.2, 0.25) is 5.02 Å². The van der Waals surface area contributed by atoms with Gasteiger partial charge in [0, 0.05) is 16.1 Å². The third-order valence-corrected chi connectivity index (χ3v) is 3.62. The number of thiazole rings is 1. The number of nitrogen functional groups attached to an aromatic ring is 1. The van der Waals surface area contributed by atoms with Gasteiger partial charge >= 0.3 is 0 Å². The number of hydrazine groups is 1. The van der Waals surface area contributed by atoms with Gasteiger partial charge in [0.25, 0.3) is 5.91 Å². The standard InChI is InChI=1S/C12H13ClN4OS/c1-7-15-5-9(19-7)6-16-12(18)10-4-8(13)2-3-11(10)17-14/h2-5,17H,6,14H2,1H3,(H,16,18). The molecular weight excluding hydrogens is 284 g/mol. The van der Waals surface area contributed by atoms with Crippen LogP contribution in [0.5, 0.6) is 0 Å². The molecule has 1 amide bonds. The Labute approximate surface area is 119 Å². The molecule has 1 heterocycles. The summed E-state index contributed by atoms with van der Waals surface area (Å²) in [5.41, 5.74) is 3.42. The fourth-order valence-electron chi connectivity index (χ4n) is 1.58. The molecule has 2 aromatic rings. The molecule has 0 fully saturated rings. The number of nitrogens with one attached hydrogen (secondary N) is 2. The number of carbonyl (C=O) groups excluding carboxylic acids is 1. The summed E-state index contributed by atoms with van der Waals surface area (Å²) in [6.45, 7) is 2.35. The van der Waals surface area contributed by atoms with Gasteiger partial charge in [0.2, 0.25) is 0 Å². The van der Waals surface area contributed by atoms with E-state index in [1.807, 2.05) is 6.92 Å². The molecule has 0 aliphatic heterocycles. The van der Waals surface area contributed by atoms with E-state index >= 15 is 0 Å². The Hall–Kier alpha value is -1.63. The Morgan fingerprint density at radius 2 is 2.32 bits per heavy atom. The molecule has 0 atom stereocenters. The van der Waals surface area contributed by atoms with E-state index in [-0.39, 0.29) is 5.91 Å². The number of aryl methyl sites for hydroxylation is 1. The molecule has 1 aromatic carbocycles. The van der Waals surface area contributed by atoms with Gasteiger partial charge in [-0.25, -0.2) is 4.98 Å². The third kappa shape index (κ3) is 3.44. The Balaban J connectivity index is 2.09. The third-order valence-electron chi connectivity index (χ3n) is 2.47. The van der Waals surface area contributed by atoms with E-state index in [2.05, 4.69) is 15.7 Å². The van der Waals surface area contributed by atoms with E-state index in [0.29, 0.717) is 22.8 Å². The van der Waals surface area contributed by atoms with Gasteiger partial charge in [0.1, 0.15) is 0 Å². The number of benzene rings is 1. The molecule has 0 saturated carbocycles. The Morgan fingerprint density at radius 1 is 1.53 bits per heavy atom. The summed E-state index contributed by atoms with van der Waals surface area (Å²) in [6, 6.07) is 4.90. The van der Waals surface area contributed by atoms with E-state index in [0.717, 1.165) is 9.88 Å². The van der Waals surface area contributed by atoms with Crippen LogP contribution in [0.1, 0.15) is 20.2 Å². The molecule has 0 radical (unpaired) electrons. The fraction of sp³-hybridized carbons (Fsp3) is 0.167. The number of halogens is 1. The smallest absolute Gasteiger partial charge is 0.253 e. The number of aromatic nitrogens is 1. The highest BCUT2D eigenvalue weighted by molar-refractivity contribution is 7.11. The lowest BCUT2D eigenvalue weighted by Crippen LogP contribution is -2.24. The molecular formula is C12H13ClN4OS. The van der Waals surface area contributed by atoms with E-state index in [1.165, 1.54) is 0 Å². The second-order valence-electron chi connectivity index (χ2n) is 3.86. The summed E-state index contributed by atoms with van der Waals surface area (Å²) >= 11 is 7.43. The molecule has 1 aromatic heterocycles. The first-order valence-corrected chi connectivity index (χ1v) is 6.75. The zero-order valence-corrected chi connectivity index (χ0v) is 11.8. The van der Waals surface area contributed by atoms with Crippen LogP contribution in [0, 0.1) is 6.92 Å². The van der Waals surface area contributed by atoms with Crippen LogP contribution >= 0.6 is 22.9 Å². The predicted molar refractivity (Wildman–Crippen MR) is 77.3 cm³/mol. The van der Waals surface area contributed by atoms with Crippen LogP contribution < -0.4 is 16.6 Å². The van der Waals surface area contributed by atoms with Gasteiger partial charge in [0.15, 0.2) is 0 Å². The van der Waals surface area contributed by atoms with Crippen LogP contribution in [0.4, 0.5) is 5.69 Å². The molecule has 0 bridgehead atoms. The molecule has 100 valence electrons. The van der Waals surface area contributed by atoms with E-state index in [4.69, 9.17) is 17.4 Å². The lowest BCUT2D eigenvalue weighted by atomic mass is 10.1. The van der Waals surface area contributed by atoms with Crippen LogP contribution in [0.3, 0.4) is 0 Å². The SMILES string of the molecule is Cc1ncc(CNC(=O)c2cc(Cl)ccc2NN)s1. The maximum absolute atomic E-state index is 12.1. The monoisotopic (exact) mass is 296 g/mol. The number of amides is 1. The number of hydrogen-bond donors (Lipinski definition) is 3. The first-order valence-electron chi connectivity index (χ1n) is 5.56. The van der Waals surface area contributed by atoms with Gasteiger partial charge in [-0.15, -0.1) is 11.3 Å². The second kappa shape index (κ2) is 6.01. The van der Waals surface area contributed by atoms with Crippen LogP contribution in [-0.4, -0.2) is 10.9 Å². The number of nitrogens with zero attached hydrogens (tertiary/aromatic N) is 1. The minimum Gasteiger partial charge on any atom is -0.347 e. The average molecular weight is 297 g/mol. The van der Waals surface area contributed by atoms with Crippen molar-refractivity contribution in [3.05, 3.63) is 44.9 Å². The zero-order chi connectivity index (χ0) is 13.8. The first-order chi connectivity index (χ1) is 9.10. The lowest BCUT2D eigenvalue weighted by Gasteiger charge is -2.09. The van der Waals surface area contributed by atoms with E-state index in [1.54, 1.807) is 35.7 Å². The van der Waals surface area contributed by atoms with Crippen molar-refractivity contribution in [2.24, 2.45) is 5.84 Å². The Morgan fingerprint density at radius 3 is 2.95 bits per heavy atom. The van der Waals surface area contributed by atoms with Gasteiger partial charge in [-0.2, -0.15) is 0 Å². The largest absolute Gasteiger partial charge is 0.347 e. The van der Waals surface area contributed by atoms with Crippen molar-refractivity contribution in [2.45, 2.75) is 13.5 Å². The number of rotatable bonds is 4. The summed E-state index contributed by atoms with van der Waals surface area (Å²) in [5.74, 6) is 5.13. The van der Waals surface area contributed by atoms with Gasteiger partial charge < -0.3 is 10.7 Å². The number of nitrogens with two attached hydrogens (primary N) is 1. The molecule has 0 spiro atoms. The van der Waals surface area contributed by atoms with Crippen molar-refractivity contribution >= 4 is 34.5 Å². The summed E-state index contributed by atoms with van der Waals surface area (Å²) in [7, 11) is 0. The van der Waals surface area contributed by atoms with E-state index in [9.17, 15) is 4.79 Å². The zero-order valence-electron chi connectivity index (χ0n) is 10.2. The molecule has 2 rings (SSSR count). The van der Waals surface area contributed by atoms with Crippen LogP contribution in [0.15, 0.2) is 24.4 Å². The normalized spacial score (nSPS) is 10.3. The molecule has 5 nitrogen and oxygen atoms in total. The van der Waals surface area contributed by atoms with E-state index < -0.39 is 0 Å². The number of anilines is 1. The average Bonchev–Trinajstić information content (AvgIpc) is 2.81. The molecule has 0 aliphatic carbocycles. The highest BCUT2D eigenvalue weighted by Crippen LogP contribution is 2.20. The van der Waals surface area contributed by atoms with Crippen molar-refractivity contribution < 1.29 is 4.79 Å². The molecule has 0 aliphatic rings. The highest BCUT2D eigenvalue weighted by Gasteiger charge is 2.11. The fourth-order valence-corrected chi connectivity index (χ4v) is 2.49. The van der Waals surface area contributed by atoms with Crippen molar-refractivity contribution in [3.8, 4) is 0 Å². The quantitative estimate of drug-likeness (QED) is 0.597. The molecule has 4 N–H and O–H groups in total. The summed E-state index contributed by atoms with van der Waals surface area (Å²) in [5, 5.41) is 4.26. The van der Waals surface area contributed by atoms with Gasteiger partial charge in [-0.3, -0.25) is 10.6 Å². The van der Waals surface area contributed by atoms with Gasteiger partial charge in [-0.1, -0.05) is 11.6 Å². The predicted octanol–water partition coefficient (Wildman–Crippen LogP) is 2.32. The molecule has 0 unspecified atom stereocenters. The maximum Gasteiger partial charge on any atom is 0.253 e. The Bertz CT molecular complexity index is 599. The topological polar surface area (TPSA) is 80.0 Å². The number of hydrogen-bond acceptors (Lipinski definition) is 5. The summed E-state index contributed by atoms with van der Waals surface area (Å²) in [6.07, 6.45) is 1.75. The molecule has 0 saturated heterocycles. The second-order valence-corrected chi connectivity index (χ2v) is 5.62. The van der Waals surface area contributed by atoms with Crippen LogP contribution in [0.25, 0.3) is 0 Å². The van der Waals surface area contributed by atoms with Crippen LogP contribution in [-0.2, 0) is 6.54 Å². The summed E-state index contributed by atoms with van der Waals surface area (Å²) < 4.78 is 0. The van der Waals surface area contributed by atoms with Crippen molar-refractivity contribution in [1.29, 1.82) is 0 Å². The minimum absolute atomic E-state index is 0.235. The lowest BCUT2D eigenvalue weighted by molar-refractivity contribution is 0.0952. The highest BCUT2D eigenvalue weighted by atomic mass is 35.5. The first kappa shape index (κ1) is 13.8. The van der Waals surface area contributed by atoms with Gasteiger partial charge in [0.05, 0.1) is 22.8 Å². The summed E-state index contributed by atoms with van der Waals surface area (Å²) in [4.78, 5) is 17.2. The minimum atomic E-state index is -0.235.